The molecule has 0 spiro atoms. The van der Waals surface area contributed by atoms with Crippen LogP contribution in [0.15, 0.2) is 24.3 Å². The summed E-state index contributed by atoms with van der Waals surface area (Å²) in [4.78, 5) is 2.39. The molecule has 0 bridgehead atoms. The lowest BCUT2D eigenvalue weighted by Crippen LogP contribution is -2.42. The lowest BCUT2D eigenvalue weighted by molar-refractivity contribution is 0.181. The van der Waals surface area contributed by atoms with Gasteiger partial charge in [0.05, 0.1) is 6.61 Å². The van der Waals surface area contributed by atoms with Gasteiger partial charge in [0.2, 0.25) is 0 Å². The summed E-state index contributed by atoms with van der Waals surface area (Å²) < 4.78 is 5.09. The van der Waals surface area contributed by atoms with Gasteiger partial charge < -0.3 is 15.4 Å². The van der Waals surface area contributed by atoms with Crippen molar-refractivity contribution in [1.82, 2.24) is 0 Å². The van der Waals surface area contributed by atoms with Crippen molar-refractivity contribution < 1.29 is 4.74 Å². The third-order valence-corrected chi connectivity index (χ3v) is 3.16. The molecule has 2 unspecified atom stereocenters. The van der Waals surface area contributed by atoms with Crippen LogP contribution in [0.5, 0.6) is 0 Å². The van der Waals surface area contributed by atoms with Crippen LogP contribution in [0.4, 0.5) is 5.69 Å². The molecule has 3 nitrogen and oxygen atoms in total. The second kappa shape index (κ2) is 4.85. The summed E-state index contributed by atoms with van der Waals surface area (Å²) >= 11 is 0. The van der Waals surface area contributed by atoms with E-state index < -0.39 is 0 Å². The topological polar surface area (TPSA) is 38.5 Å². The first kappa shape index (κ1) is 11.4. The van der Waals surface area contributed by atoms with E-state index in [2.05, 4.69) is 36.1 Å². The van der Waals surface area contributed by atoms with Crippen LogP contribution < -0.4 is 10.6 Å². The van der Waals surface area contributed by atoms with Gasteiger partial charge in [-0.3, -0.25) is 0 Å². The molecule has 0 aliphatic carbocycles. The maximum absolute atomic E-state index is 6.02. The summed E-state index contributed by atoms with van der Waals surface area (Å²) in [6, 6.07) is 9.20. The van der Waals surface area contributed by atoms with Crippen LogP contribution in [-0.4, -0.2) is 32.3 Å². The largest absolute Gasteiger partial charge is 0.383 e. The summed E-state index contributed by atoms with van der Waals surface area (Å²) in [6.45, 7) is 3.73. The van der Waals surface area contributed by atoms with E-state index in [9.17, 15) is 0 Å². The van der Waals surface area contributed by atoms with Gasteiger partial charge in [-0.05, 0) is 25.0 Å². The number of fused-ring (bicyclic) bond motifs is 1. The molecule has 0 fully saturated rings. The van der Waals surface area contributed by atoms with Crippen molar-refractivity contribution in [2.24, 2.45) is 5.73 Å². The maximum atomic E-state index is 6.02. The molecule has 1 heterocycles. The number of benzene rings is 1. The highest BCUT2D eigenvalue weighted by Crippen LogP contribution is 2.31. The summed E-state index contributed by atoms with van der Waals surface area (Å²) in [7, 11) is 1.70. The van der Waals surface area contributed by atoms with E-state index >= 15 is 0 Å². The van der Waals surface area contributed by atoms with Crippen molar-refractivity contribution in [3.63, 3.8) is 0 Å². The molecule has 2 rings (SSSR count). The predicted molar refractivity (Wildman–Crippen MR) is 66.8 cm³/mol. The monoisotopic (exact) mass is 220 g/mol. The van der Waals surface area contributed by atoms with E-state index in [0.29, 0.717) is 12.6 Å². The highest BCUT2D eigenvalue weighted by molar-refractivity contribution is 5.59. The minimum Gasteiger partial charge on any atom is -0.383 e. The quantitative estimate of drug-likeness (QED) is 0.834. The number of nitrogens with zero attached hydrogens (tertiary/aromatic N) is 1. The molecule has 0 saturated carbocycles. The van der Waals surface area contributed by atoms with E-state index in [-0.39, 0.29) is 6.04 Å². The van der Waals surface area contributed by atoms with Crippen molar-refractivity contribution in [3.05, 3.63) is 29.8 Å². The van der Waals surface area contributed by atoms with Gasteiger partial charge in [0.15, 0.2) is 0 Å². The molecule has 0 radical (unpaired) electrons. The summed E-state index contributed by atoms with van der Waals surface area (Å²) in [5, 5.41) is 0. The van der Waals surface area contributed by atoms with Gasteiger partial charge in [-0.2, -0.15) is 0 Å². The van der Waals surface area contributed by atoms with Crippen LogP contribution in [0.25, 0.3) is 0 Å². The Balaban J connectivity index is 2.10. The van der Waals surface area contributed by atoms with Crippen LogP contribution in [0.3, 0.4) is 0 Å². The Bertz CT molecular complexity index is 354. The molecule has 2 atom stereocenters. The molecule has 16 heavy (non-hydrogen) atoms. The first-order valence-corrected chi connectivity index (χ1v) is 5.81. The fraction of sp³-hybridized carbons (Fsp3) is 0.538. The van der Waals surface area contributed by atoms with Gasteiger partial charge in [-0.25, -0.2) is 0 Å². The summed E-state index contributed by atoms with van der Waals surface area (Å²) in [6.07, 6.45) is 1.12. The number of rotatable bonds is 4. The molecule has 1 aliphatic rings. The predicted octanol–water partition coefficient (Wildman–Crippen LogP) is 1.41. The fourth-order valence-corrected chi connectivity index (χ4v) is 2.43. The van der Waals surface area contributed by atoms with E-state index in [1.807, 2.05) is 0 Å². The molecule has 1 aromatic rings. The SMILES string of the molecule is COCC(N)CN1c2ccccc2CC1C. The van der Waals surface area contributed by atoms with Crippen molar-refractivity contribution >= 4 is 5.69 Å². The van der Waals surface area contributed by atoms with E-state index in [1.165, 1.54) is 11.3 Å². The number of hydrogen-bond donors (Lipinski definition) is 1. The number of nitrogens with two attached hydrogens (primary N) is 1. The van der Waals surface area contributed by atoms with Crippen molar-refractivity contribution in [3.8, 4) is 0 Å². The molecule has 88 valence electrons. The van der Waals surface area contributed by atoms with Gasteiger partial charge in [-0.15, -0.1) is 0 Å². The standard InChI is InChI=1S/C13H20N2O/c1-10-7-11-5-3-4-6-13(11)15(10)8-12(14)9-16-2/h3-6,10,12H,7-9,14H2,1-2H3. The lowest BCUT2D eigenvalue weighted by atomic mass is 10.1. The zero-order chi connectivity index (χ0) is 11.5. The van der Waals surface area contributed by atoms with Gasteiger partial charge in [0, 0.05) is 31.4 Å². The lowest BCUT2D eigenvalue weighted by Gasteiger charge is -2.27. The average molecular weight is 220 g/mol. The van der Waals surface area contributed by atoms with Gasteiger partial charge in [-0.1, -0.05) is 18.2 Å². The van der Waals surface area contributed by atoms with Gasteiger partial charge in [0.1, 0.15) is 0 Å². The Morgan fingerprint density at radius 1 is 1.50 bits per heavy atom. The third kappa shape index (κ3) is 2.20. The van der Waals surface area contributed by atoms with Gasteiger partial charge in [0.25, 0.3) is 0 Å². The highest BCUT2D eigenvalue weighted by Gasteiger charge is 2.26. The van der Waals surface area contributed by atoms with Crippen LogP contribution >= 0.6 is 0 Å². The van der Waals surface area contributed by atoms with Crippen molar-refractivity contribution in [2.75, 3.05) is 25.2 Å². The first-order valence-electron chi connectivity index (χ1n) is 5.81. The molecular weight excluding hydrogens is 200 g/mol. The third-order valence-electron chi connectivity index (χ3n) is 3.16. The minimum atomic E-state index is 0.0820. The fourth-order valence-electron chi connectivity index (χ4n) is 2.43. The number of anilines is 1. The molecule has 1 aromatic carbocycles. The first-order chi connectivity index (χ1) is 7.72. The van der Waals surface area contributed by atoms with Crippen LogP contribution in [0.1, 0.15) is 12.5 Å². The Kier molecular flexibility index (Phi) is 3.46. The van der Waals surface area contributed by atoms with Crippen LogP contribution in [-0.2, 0) is 11.2 Å². The Labute approximate surface area is 97.2 Å². The average Bonchev–Trinajstić information content (AvgIpc) is 2.56. The van der Waals surface area contributed by atoms with E-state index in [4.69, 9.17) is 10.5 Å². The molecule has 0 aromatic heterocycles. The zero-order valence-corrected chi connectivity index (χ0v) is 10.0. The Hall–Kier alpha value is -1.06. The number of ether oxygens (including phenoxy) is 1. The molecule has 0 amide bonds. The highest BCUT2D eigenvalue weighted by atomic mass is 16.5. The Morgan fingerprint density at radius 3 is 3.00 bits per heavy atom. The maximum Gasteiger partial charge on any atom is 0.0631 e. The second-order valence-corrected chi connectivity index (χ2v) is 4.55. The minimum absolute atomic E-state index is 0.0820. The smallest absolute Gasteiger partial charge is 0.0631 e. The molecule has 0 saturated heterocycles. The number of hydrogen-bond acceptors (Lipinski definition) is 3. The Morgan fingerprint density at radius 2 is 2.25 bits per heavy atom. The summed E-state index contributed by atoms with van der Waals surface area (Å²) in [5.41, 5.74) is 8.78. The van der Waals surface area contributed by atoms with Crippen molar-refractivity contribution in [2.45, 2.75) is 25.4 Å². The second-order valence-electron chi connectivity index (χ2n) is 4.55. The number of methoxy groups -OCH3 is 1. The molecular formula is C13H20N2O. The van der Waals surface area contributed by atoms with E-state index in [0.717, 1.165) is 13.0 Å². The molecule has 1 aliphatic heterocycles. The normalized spacial score (nSPS) is 20.9. The van der Waals surface area contributed by atoms with Crippen LogP contribution in [0.2, 0.25) is 0 Å². The molecule has 3 heteroatoms. The van der Waals surface area contributed by atoms with E-state index in [1.54, 1.807) is 7.11 Å². The zero-order valence-electron chi connectivity index (χ0n) is 10.0. The van der Waals surface area contributed by atoms with Gasteiger partial charge >= 0.3 is 0 Å². The van der Waals surface area contributed by atoms with Crippen molar-refractivity contribution in [1.29, 1.82) is 0 Å². The van der Waals surface area contributed by atoms with Crippen LogP contribution in [0, 0.1) is 0 Å². The summed E-state index contributed by atoms with van der Waals surface area (Å²) in [5.74, 6) is 0. The number of para-hydroxylation sites is 1. The molecule has 2 N–H and O–H groups in total.